The Morgan fingerprint density at radius 3 is 2.80 bits per heavy atom. The number of aromatic nitrogens is 1. The number of nitrogens with zero attached hydrogens (tertiary/aromatic N) is 2. The molecule has 20 heavy (non-hydrogen) atoms. The van der Waals surface area contributed by atoms with Crippen molar-refractivity contribution in [3.63, 3.8) is 0 Å². The topological polar surface area (TPSA) is 94.4 Å². The zero-order chi connectivity index (χ0) is 14.5. The van der Waals surface area contributed by atoms with Gasteiger partial charge in [-0.2, -0.15) is 0 Å². The summed E-state index contributed by atoms with van der Waals surface area (Å²) in [5.74, 6) is -0.228. The molecule has 1 aromatic heterocycles. The molecule has 0 saturated heterocycles. The fourth-order valence-corrected chi connectivity index (χ4v) is 1.62. The first-order valence-electron chi connectivity index (χ1n) is 5.66. The fourth-order valence-electron chi connectivity index (χ4n) is 1.62. The van der Waals surface area contributed by atoms with Gasteiger partial charge in [0.25, 0.3) is 5.69 Å². The summed E-state index contributed by atoms with van der Waals surface area (Å²) >= 11 is 0. The lowest BCUT2D eigenvalue weighted by atomic mass is 10.2. The number of para-hydroxylation sites is 1. The Kier molecular flexibility index (Phi) is 3.90. The highest BCUT2D eigenvalue weighted by atomic mass is 16.6. The predicted octanol–water partition coefficient (Wildman–Crippen LogP) is 2.52. The van der Waals surface area contributed by atoms with E-state index in [9.17, 15) is 14.9 Å². The summed E-state index contributed by atoms with van der Waals surface area (Å²) < 4.78 is 4.67. The van der Waals surface area contributed by atoms with E-state index in [-0.39, 0.29) is 11.5 Å². The van der Waals surface area contributed by atoms with Crippen LogP contribution in [0.5, 0.6) is 0 Å². The number of rotatable bonds is 4. The minimum Gasteiger partial charge on any atom is -0.465 e. The van der Waals surface area contributed by atoms with Crippen LogP contribution in [0, 0.1) is 10.1 Å². The Labute approximate surface area is 114 Å². The molecular formula is C13H11N3O4. The van der Waals surface area contributed by atoms with Crippen LogP contribution in [0.3, 0.4) is 0 Å². The van der Waals surface area contributed by atoms with Crippen molar-refractivity contribution in [2.45, 2.75) is 0 Å². The second kappa shape index (κ2) is 5.79. The molecule has 1 heterocycles. The molecule has 1 N–H and O–H groups in total. The van der Waals surface area contributed by atoms with Crippen LogP contribution in [0.4, 0.5) is 17.2 Å². The molecule has 0 aliphatic rings. The second-order valence-corrected chi connectivity index (χ2v) is 3.82. The van der Waals surface area contributed by atoms with Gasteiger partial charge in [0, 0.05) is 12.3 Å². The highest BCUT2D eigenvalue weighted by molar-refractivity contribution is 5.96. The molecule has 0 aliphatic carbocycles. The summed E-state index contributed by atoms with van der Waals surface area (Å²) in [5, 5.41) is 13.6. The molecule has 0 spiro atoms. The van der Waals surface area contributed by atoms with Gasteiger partial charge in [-0.15, -0.1) is 0 Å². The van der Waals surface area contributed by atoms with Gasteiger partial charge in [0.15, 0.2) is 0 Å². The molecule has 0 aliphatic heterocycles. The first-order valence-corrected chi connectivity index (χ1v) is 5.66. The summed E-state index contributed by atoms with van der Waals surface area (Å²) in [6, 6.07) is 9.24. The van der Waals surface area contributed by atoms with Crippen molar-refractivity contribution in [3.05, 3.63) is 58.3 Å². The van der Waals surface area contributed by atoms with Crippen molar-refractivity contribution in [1.29, 1.82) is 0 Å². The van der Waals surface area contributed by atoms with Gasteiger partial charge in [0.1, 0.15) is 5.82 Å². The van der Waals surface area contributed by atoms with Crippen LogP contribution in [0.15, 0.2) is 42.6 Å². The quantitative estimate of drug-likeness (QED) is 0.522. The van der Waals surface area contributed by atoms with E-state index in [0.717, 1.165) is 0 Å². The maximum Gasteiger partial charge on any atom is 0.339 e. The number of nitro groups is 1. The van der Waals surface area contributed by atoms with E-state index < -0.39 is 10.9 Å². The van der Waals surface area contributed by atoms with E-state index in [2.05, 4.69) is 15.0 Å². The number of carbonyl (C=O) groups is 1. The van der Waals surface area contributed by atoms with Crippen molar-refractivity contribution < 1.29 is 14.5 Å². The number of nitrogens with one attached hydrogen (secondary N) is 1. The molecule has 2 aromatic rings. The Hall–Kier alpha value is -2.96. The lowest BCUT2D eigenvalue weighted by molar-refractivity contribution is -0.384. The SMILES string of the molecule is COC(=O)c1ccccc1Nc1cc([N+](=O)[O-])ccn1. The van der Waals surface area contributed by atoms with Crippen LogP contribution in [-0.2, 0) is 4.74 Å². The van der Waals surface area contributed by atoms with Gasteiger partial charge in [-0.1, -0.05) is 12.1 Å². The Balaban J connectivity index is 2.33. The normalized spacial score (nSPS) is 9.85. The number of carbonyl (C=O) groups excluding carboxylic acids is 1. The standard InChI is InChI=1S/C13H11N3O4/c1-20-13(17)10-4-2-3-5-11(10)15-12-8-9(16(18)19)6-7-14-12/h2-8H,1H3,(H,14,15). The number of pyridine rings is 1. The largest absolute Gasteiger partial charge is 0.465 e. The van der Waals surface area contributed by atoms with Gasteiger partial charge in [0.05, 0.1) is 29.4 Å². The predicted molar refractivity (Wildman–Crippen MR) is 72.0 cm³/mol. The van der Waals surface area contributed by atoms with Gasteiger partial charge in [0.2, 0.25) is 0 Å². The smallest absolute Gasteiger partial charge is 0.339 e. The maximum atomic E-state index is 11.6. The summed E-state index contributed by atoms with van der Waals surface area (Å²) in [7, 11) is 1.28. The average Bonchev–Trinajstić information content (AvgIpc) is 2.47. The average molecular weight is 273 g/mol. The first kappa shape index (κ1) is 13.5. The summed E-state index contributed by atoms with van der Waals surface area (Å²) in [4.78, 5) is 25.8. The molecule has 0 radical (unpaired) electrons. The highest BCUT2D eigenvalue weighted by Crippen LogP contribution is 2.22. The molecule has 0 fully saturated rings. The van der Waals surface area contributed by atoms with Crippen LogP contribution in [-0.4, -0.2) is 23.0 Å². The van der Waals surface area contributed by atoms with Crippen molar-refractivity contribution in [3.8, 4) is 0 Å². The molecule has 0 saturated carbocycles. The first-order chi connectivity index (χ1) is 9.61. The number of methoxy groups -OCH3 is 1. The Morgan fingerprint density at radius 1 is 1.35 bits per heavy atom. The molecule has 0 bridgehead atoms. The minimum atomic E-state index is -0.515. The summed E-state index contributed by atoms with van der Waals surface area (Å²) in [5.41, 5.74) is 0.703. The molecule has 102 valence electrons. The molecular weight excluding hydrogens is 262 g/mol. The molecule has 7 nitrogen and oxygen atoms in total. The molecule has 0 unspecified atom stereocenters. The maximum absolute atomic E-state index is 11.6. The third-order valence-corrected chi connectivity index (χ3v) is 2.55. The van der Waals surface area contributed by atoms with Crippen molar-refractivity contribution in [2.24, 2.45) is 0 Å². The van der Waals surface area contributed by atoms with Crippen molar-refractivity contribution in [2.75, 3.05) is 12.4 Å². The number of benzene rings is 1. The lowest BCUT2D eigenvalue weighted by Gasteiger charge is -2.09. The third kappa shape index (κ3) is 2.89. The van der Waals surface area contributed by atoms with Gasteiger partial charge in [-0.25, -0.2) is 9.78 Å². The minimum absolute atomic E-state index is 0.0851. The number of hydrogen-bond donors (Lipinski definition) is 1. The number of ether oxygens (including phenoxy) is 1. The number of anilines is 2. The number of esters is 1. The van der Waals surface area contributed by atoms with E-state index >= 15 is 0 Å². The van der Waals surface area contributed by atoms with Crippen LogP contribution in [0.2, 0.25) is 0 Å². The van der Waals surface area contributed by atoms with E-state index in [0.29, 0.717) is 11.3 Å². The molecule has 0 atom stereocenters. The molecule has 2 rings (SSSR count). The molecule has 0 amide bonds. The van der Waals surface area contributed by atoms with Crippen molar-refractivity contribution in [1.82, 2.24) is 4.98 Å². The summed E-state index contributed by atoms with van der Waals surface area (Å²) in [6.45, 7) is 0. The molecule has 1 aromatic carbocycles. The zero-order valence-electron chi connectivity index (χ0n) is 10.6. The van der Waals surface area contributed by atoms with Crippen LogP contribution in [0.1, 0.15) is 10.4 Å². The van der Waals surface area contributed by atoms with E-state index in [1.807, 2.05) is 0 Å². The Bertz CT molecular complexity index is 658. The summed E-state index contributed by atoms with van der Waals surface area (Å²) in [6.07, 6.45) is 1.32. The third-order valence-electron chi connectivity index (χ3n) is 2.55. The van der Waals surface area contributed by atoms with Gasteiger partial charge >= 0.3 is 5.97 Å². The number of hydrogen-bond acceptors (Lipinski definition) is 6. The van der Waals surface area contributed by atoms with E-state index in [1.165, 1.54) is 25.4 Å². The van der Waals surface area contributed by atoms with Crippen molar-refractivity contribution >= 4 is 23.2 Å². The van der Waals surface area contributed by atoms with E-state index in [4.69, 9.17) is 0 Å². The van der Waals surface area contributed by atoms with E-state index in [1.54, 1.807) is 24.3 Å². The van der Waals surface area contributed by atoms with Gasteiger partial charge in [-0.3, -0.25) is 10.1 Å². The van der Waals surface area contributed by atoms with Gasteiger partial charge in [-0.05, 0) is 12.1 Å². The highest BCUT2D eigenvalue weighted by Gasteiger charge is 2.12. The van der Waals surface area contributed by atoms with Crippen LogP contribution >= 0.6 is 0 Å². The zero-order valence-corrected chi connectivity index (χ0v) is 10.6. The Morgan fingerprint density at radius 2 is 2.10 bits per heavy atom. The van der Waals surface area contributed by atoms with Crippen LogP contribution < -0.4 is 5.32 Å². The van der Waals surface area contributed by atoms with Crippen LogP contribution in [0.25, 0.3) is 0 Å². The monoisotopic (exact) mass is 273 g/mol. The molecule has 7 heteroatoms. The second-order valence-electron chi connectivity index (χ2n) is 3.82. The fraction of sp³-hybridized carbons (Fsp3) is 0.0769. The van der Waals surface area contributed by atoms with Gasteiger partial charge < -0.3 is 10.1 Å². The lowest BCUT2D eigenvalue weighted by Crippen LogP contribution is -2.06.